The topological polar surface area (TPSA) is 67.2 Å². The van der Waals surface area contributed by atoms with E-state index in [0.29, 0.717) is 23.5 Å². The highest BCUT2D eigenvalue weighted by molar-refractivity contribution is 6.08. The number of aromatic nitrogens is 2. The van der Waals surface area contributed by atoms with Crippen molar-refractivity contribution < 1.29 is 9.59 Å². The number of carbonyl (C=O) groups excluding carboxylic acids is 2. The van der Waals surface area contributed by atoms with Crippen molar-refractivity contribution in [3.8, 4) is 0 Å². The Labute approximate surface area is 136 Å². The molecule has 0 fully saturated rings. The molecule has 2 rings (SSSR count). The second-order valence-corrected chi connectivity index (χ2v) is 5.43. The van der Waals surface area contributed by atoms with Gasteiger partial charge >= 0.3 is 0 Å². The number of amides is 2. The molecule has 2 aromatic rings. The molecule has 1 aromatic heterocycles. The highest BCUT2D eigenvalue weighted by atomic mass is 16.2. The Morgan fingerprint density at radius 2 is 1.83 bits per heavy atom. The first-order chi connectivity index (χ1) is 11.0. The van der Waals surface area contributed by atoms with Crippen LogP contribution in [0.25, 0.3) is 0 Å². The SMILES string of the molecule is CCc1ccc(C(=O)Nc2cnn(CC)c2C(=O)N(C)C)cc1. The fourth-order valence-corrected chi connectivity index (χ4v) is 2.24. The van der Waals surface area contributed by atoms with Crippen LogP contribution < -0.4 is 5.32 Å². The Bertz CT molecular complexity index is 702. The molecule has 2 amide bonds. The quantitative estimate of drug-likeness (QED) is 0.921. The lowest BCUT2D eigenvalue weighted by atomic mass is 10.1. The number of anilines is 1. The Morgan fingerprint density at radius 3 is 2.35 bits per heavy atom. The summed E-state index contributed by atoms with van der Waals surface area (Å²) in [5.74, 6) is -0.447. The van der Waals surface area contributed by atoms with Crippen molar-refractivity contribution in [2.24, 2.45) is 0 Å². The zero-order valence-electron chi connectivity index (χ0n) is 14.0. The Kier molecular flexibility index (Phi) is 5.16. The number of hydrogen-bond acceptors (Lipinski definition) is 3. The molecular weight excluding hydrogens is 292 g/mol. The molecule has 0 aliphatic heterocycles. The number of hydrogen-bond donors (Lipinski definition) is 1. The number of rotatable bonds is 5. The van der Waals surface area contributed by atoms with E-state index in [2.05, 4.69) is 17.3 Å². The highest BCUT2D eigenvalue weighted by Gasteiger charge is 2.21. The van der Waals surface area contributed by atoms with Gasteiger partial charge < -0.3 is 10.2 Å². The van der Waals surface area contributed by atoms with E-state index in [4.69, 9.17) is 0 Å². The van der Waals surface area contributed by atoms with Crippen LogP contribution in [0.1, 0.15) is 40.3 Å². The molecule has 0 saturated heterocycles. The first kappa shape index (κ1) is 16.7. The van der Waals surface area contributed by atoms with Gasteiger partial charge in [-0.05, 0) is 31.0 Å². The predicted octanol–water partition coefficient (Wildman–Crippen LogP) is 2.42. The van der Waals surface area contributed by atoms with E-state index in [1.54, 1.807) is 30.9 Å². The molecule has 0 radical (unpaired) electrons. The van der Waals surface area contributed by atoms with Crippen LogP contribution in [0.2, 0.25) is 0 Å². The number of benzene rings is 1. The van der Waals surface area contributed by atoms with Crippen LogP contribution in [0.3, 0.4) is 0 Å². The molecule has 1 heterocycles. The van der Waals surface area contributed by atoms with Crippen molar-refractivity contribution in [3.63, 3.8) is 0 Å². The molecule has 6 nitrogen and oxygen atoms in total. The van der Waals surface area contributed by atoms with Gasteiger partial charge in [0.25, 0.3) is 11.8 Å². The third kappa shape index (κ3) is 3.59. The van der Waals surface area contributed by atoms with Crippen LogP contribution in [0.15, 0.2) is 30.5 Å². The molecule has 1 N–H and O–H groups in total. The minimum atomic E-state index is -0.254. The van der Waals surface area contributed by atoms with E-state index in [0.717, 1.165) is 6.42 Å². The lowest BCUT2D eigenvalue weighted by Crippen LogP contribution is -2.26. The van der Waals surface area contributed by atoms with E-state index in [1.807, 2.05) is 19.1 Å². The van der Waals surface area contributed by atoms with Gasteiger partial charge in [-0.3, -0.25) is 14.3 Å². The molecule has 0 atom stereocenters. The summed E-state index contributed by atoms with van der Waals surface area (Å²) in [5.41, 5.74) is 2.53. The van der Waals surface area contributed by atoms with Crippen LogP contribution in [0.4, 0.5) is 5.69 Å². The maximum Gasteiger partial charge on any atom is 0.273 e. The fourth-order valence-electron chi connectivity index (χ4n) is 2.24. The Morgan fingerprint density at radius 1 is 1.17 bits per heavy atom. The lowest BCUT2D eigenvalue weighted by Gasteiger charge is -2.13. The first-order valence-corrected chi connectivity index (χ1v) is 7.65. The number of aryl methyl sites for hydroxylation is 2. The number of nitrogens with zero attached hydrogens (tertiary/aromatic N) is 3. The zero-order valence-corrected chi connectivity index (χ0v) is 14.0. The van der Waals surface area contributed by atoms with Crippen LogP contribution in [-0.2, 0) is 13.0 Å². The molecule has 6 heteroatoms. The molecule has 0 bridgehead atoms. The first-order valence-electron chi connectivity index (χ1n) is 7.65. The lowest BCUT2D eigenvalue weighted by molar-refractivity contribution is 0.0816. The van der Waals surface area contributed by atoms with Gasteiger partial charge in [0.05, 0.1) is 11.9 Å². The average Bonchev–Trinajstić information content (AvgIpc) is 2.96. The van der Waals surface area contributed by atoms with Crippen LogP contribution >= 0.6 is 0 Å². The van der Waals surface area contributed by atoms with Crippen molar-refractivity contribution >= 4 is 17.5 Å². The van der Waals surface area contributed by atoms with Crippen molar-refractivity contribution in [2.75, 3.05) is 19.4 Å². The van der Waals surface area contributed by atoms with Crippen LogP contribution in [0, 0.1) is 0 Å². The molecule has 0 unspecified atom stereocenters. The van der Waals surface area contributed by atoms with Crippen molar-refractivity contribution in [3.05, 3.63) is 47.3 Å². The third-order valence-electron chi connectivity index (χ3n) is 3.62. The van der Waals surface area contributed by atoms with Crippen molar-refractivity contribution in [2.45, 2.75) is 26.8 Å². The summed E-state index contributed by atoms with van der Waals surface area (Å²) < 4.78 is 1.58. The molecule has 122 valence electrons. The summed E-state index contributed by atoms with van der Waals surface area (Å²) in [6.45, 7) is 4.51. The van der Waals surface area contributed by atoms with Gasteiger partial charge in [-0.2, -0.15) is 5.10 Å². The van der Waals surface area contributed by atoms with Gasteiger partial charge in [-0.15, -0.1) is 0 Å². The monoisotopic (exact) mass is 314 g/mol. The Balaban J connectivity index is 2.26. The van der Waals surface area contributed by atoms with Gasteiger partial charge in [0, 0.05) is 26.2 Å². The summed E-state index contributed by atoms with van der Waals surface area (Å²) in [7, 11) is 3.34. The van der Waals surface area contributed by atoms with Gasteiger partial charge in [-0.1, -0.05) is 19.1 Å². The smallest absolute Gasteiger partial charge is 0.273 e. The molecular formula is C17H22N4O2. The van der Waals surface area contributed by atoms with Crippen molar-refractivity contribution in [1.82, 2.24) is 14.7 Å². The summed E-state index contributed by atoms with van der Waals surface area (Å²) in [4.78, 5) is 26.2. The summed E-state index contributed by atoms with van der Waals surface area (Å²) in [6, 6.07) is 7.42. The number of carbonyl (C=O) groups is 2. The van der Waals surface area contributed by atoms with Gasteiger partial charge in [0.1, 0.15) is 5.69 Å². The summed E-state index contributed by atoms with van der Waals surface area (Å²) >= 11 is 0. The molecule has 0 saturated carbocycles. The van der Waals surface area contributed by atoms with Crippen molar-refractivity contribution in [1.29, 1.82) is 0 Å². The molecule has 0 aliphatic rings. The number of nitrogens with one attached hydrogen (secondary N) is 1. The van der Waals surface area contributed by atoms with Gasteiger partial charge in [0.2, 0.25) is 0 Å². The molecule has 0 aliphatic carbocycles. The van der Waals surface area contributed by atoms with E-state index < -0.39 is 0 Å². The maximum atomic E-state index is 12.4. The molecule has 0 spiro atoms. The minimum Gasteiger partial charge on any atom is -0.343 e. The van der Waals surface area contributed by atoms with Crippen LogP contribution in [-0.4, -0.2) is 40.6 Å². The average molecular weight is 314 g/mol. The van der Waals surface area contributed by atoms with E-state index >= 15 is 0 Å². The van der Waals surface area contributed by atoms with E-state index in [1.165, 1.54) is 16.7 Å². The molecule has 23 heavy (non-hydrogen) atoms. The summed E-state index contributed by atoms with van der Waals surface area (Å²) in [5, 5.41) is 6.95. The second kappa shape index (κ2) is 7.09. The minimum absolute atomic E-state index is 0.194. The largest absolute Gasteiger partial charge is 0.343 e. The Hall–Kier alpha value is -2.63. The standard InChI is InChI=1S/C17H22N4O2/c1-5-12-7-9-13(10-8-12)16(22)19-14-11-18-21(6-2)15(14)17(23)20(3)4/h7-11H,5-6H2,1-4H3,(H,19,22). The normalized spacial score (nSPS) is 10.4. The van der Waals surface area contributed by atoms with E-state index in [9.17, 15) is 9.59 Å². The van der Waals surface area contributed by atoms with Gasteiger partial charge in [0.15, 0.2) is 0 Å². The predicted molar refractivity (Wildman–Crippen MR) is 89.7 cm³/mol. The second-order valence-electron chi connectivity index (χ2n) is 5.43. The van der Waals surface area contributed by atoms with Gasteiger partial charge in [-0.25, -0.2) is 0 Å². The third-order valence-corrected chi connectivity index (χ3v) is 3.62. The highest BCUT2D eigenvalue weighted by Crippen LogP contribution is 2.18. The fraction of sp³-hybridized carbons (Fsp3) is 0.353. The summed E-state index contributed by atoms with van der Waals surface area (Å²) in [6.07, 6.45) is 2.44. The zero-order chi connectivity index (χ0) is 17.0. The van der Waals surface area contributed by atoms with E-state index in [-0.39, 0.29) is 11.8 Å². The maximum absolute atomic E-state index is 12.4. The molecule has 1 aromatic carbocycles. The van der Waals surface area contributed by atoms with Crippen LogP contribution in [0.5, 0.6) is 0 Å².